The van der Waals surface area contributed by atoms with Gasteiger partial charge in [0.05, 0.1) is 0 Å². The summed E-state index contributed by atoms with van der Waals surface area (Å²) >= 11 is 3.74. The number of hydrogen-bond donors (Lipinski definition) is 0. The molecule has 0 unspecified atom stereocenters. The van der Waals surface area contributed by atoms with Crippen molar-refractivity contribution in [3.8, 4) is 0 Å². The summed E-state index contributed by atoms with van der Waals surface area (Å²) in [5, 5.41) is 7.88. The van der Waals surface area contributed by atoms with E-state index in [1.165, 1.54) is 62.6 Å². The van der Waals surface area contributed by atoms with Crippen LogP contribution in [0.5, 0.6) is 0 Å². The van der Waals surface area contributed by atoms with E-state index in [4.69, 9.17) is 0 Å². The van der Waals surface area contributed by atoms with Crippen LogP contribution in [0.3, 0.4) is 0 Å². The molecule has 6 aromatic rings. The lowest BCUT2D eigenvalue weighted by Crippen LogP contribution is -1.81. The van der Waals surface area contributed by atoms with E-state index in [2.05, 4.69) is 121 Å². The van der Waals surface area contributed by atoms with Crippen molar-refractivity contribution in [1.82, 2.24) is 0 Å². The average Bonchev–Trinajstić information content (AvgIpc) is 3.50. The molecule has 36 heavy (non-hydrogen) atoms. The van der Waals surface area contributed by atoms with Gasteiger partial charge in [0, 0.05) is 19.2 Å². The third-order valence-electron chi connectivity index (χ3n) is 6.85. The molecule has 2 heterocycles. The van der Waals surface area contributed by atoms with Crippen molar-refractivity contribution in [2.24, 2.45) is 0 Å². The molecule has 0 nitrogen and oxygen atoms in total. The van der Waals surface area contributed by atoms with Crippen molar-refractivity contribution in [3.63, 3.8) is 0 Å². The van der Waals surface area contributed by atoms with Gasteiger partial charge in [-0.25, -0.2) is 0 Å². The third kappa shape index (κ3) is 4.24. The van der Waals surface area contributed by atoms with E-state index < -0.39 is 0 Å². The second kappa shape index (κ2) is 9.05. The summed E-state index contributed by atoms with van der Waals surface area (Å²) in [5.41, 5.74) is 2.64. The van der Waals surface area contributed by atoms with E-state index in [0.29, 0.717) is 0 Å². The molecule has 0 bridgehead atoms. The monoisotopic (exact) mass is 496 g/mol. The van der Waals surface area contributed by atoms with Crippen molar-refractivity contribution >= 4 is 82.6 Å². The standard InChI is InChI=1S/C34H24S2/c1-3-7-23(8-4-1)11-13-31-19-29-17-25-15-26-18-30-20-32(14-12-24-9-5-2-6-10-24)36-34(30)22-28(26)16-27(25)21-33(29)35-31/h1-5,7-9,11-22H,6,10H2/b13-11+,14-12+. The van der Waals surface area contributed by atoms with Gasteiger partial charge < -0.3 is 0 Å². The number of hydrogen-bond acceptors (Lipinski definition) is 2. The topological polar surface area (TPSA) is 0 Å². The quantitative estimate of drug-likeness (QED) is 0.213. The molecule has 0 aliphatic heterocycles. The first-order valence-electron chi connectivity index (χ1n) is 12.4. The molecule has 172 valence electrons. The van der Waals surface area contributed by atoms with Crippen LogP contribution in [0.15, 0.2) is 109 Å². The summed E-state index contributed by atoms with van der Waals surface area (Å²) in [7, 11) is 0. The zero-order valence-electron chi connectivity index (χ0n) is 19.8. The van der Waals surface area contributed by atoms with Crippen LogP contribution < -0.4 is 0 Å². The molecular formula is C34H24S2. The first-order valence-corrected chi connectivity index (χ1v) is 14.0. The Balaban J connectivity index is 1.25. The second-order valence-electron chi connectivity index (χ2n) is 9.41. The predicted octanol–water partition coefficient (Wildman–Crippen LogP) is 10.9. The lowest BCUT2D eigenvalue weighted by molar-refractivity contribution is 0.992. The van der Waals surface area contributed by atoms with Crippen molar-refractivity contribution in [1.29, 1.82) is 0 Å². The minimum atomic E-state index is 1.14. The van der Waals surface area contributed by atoms with Crippen molar-refractivity contribution in [2.45, 2.75) is 12.8 Å². The average molecular weight is 497 g/mol. The van der Waals surface area contributed by atoms with Gasteiger partial charge >= 0.3 is 0 Å². The highest BCUT2D eigenvalue weighted by Crippen LogP contribution is 2.36. The Morgan fingerprint density at radius 2 is 1.14 bits per heavy atom. The number of rotatable bonds is 4. The third-order valence-corrected chi connectivity index (χ3v) is 8.98. The van der Waals surface area contributed by atoms with Crippen LogP contribution in [0.1, 0.15) is 28.2 Å². The predicted molar refractivity (Wildman–Crippen MR) is 163 cm³/mol. The van der Waals surface area contributed by atoms with Gasteiger partial charge in [-0.15, -0.1) is 22.7 Å². The summed E-state index contributed by atoms with van der Waals surface area (Å²) in [5.74, 6) is 0. The first-order chi connectivity index (χ1) is 17.8. The van der Waals surface area contributed by atoms with Crippen LogP contribution in [0.25, 0.3) is 59.9 Å². The van der Waals surface area contributed by atoms with Crippen LogP contribution in [0.4, 0.5) is 0 Å². The molecule has 1 aliphatic rings. The highest BCUT2D eigenvalue weighted by atomic mass is 32.1. The Hall–Kier alpha value is -3.72. The molecule has 4 aromatic carbocycles. The Morgan fingerprint density at radius 3 is 1.75 bits per heavy atom. The summed E-state index contributed by atoms with van der Waals surface area (Å²) in [4.78, 5) is 2.60. The van der Waals surface area contributed by atoms with Crippen LogP contribution in [0.2, 0.25) is 0 Å². The first kappa shape index (κ1) is 21.6. The fourth-order valence-electron chi connectivity index (χ4n) is 4.97. The van der Waals surface area contributed by atoms with Gasteiger partial charge in [-0.3, -0.25) is 0 Å². The molecule has 0 N–H and O–H groups in total. The van der Waals surface area contributed by atoms with E-state index in [9.17, 15) is 0 Å². The summed E-state index contributed by atoms with van der Waals surface area (Å²) in [6, 6.07) is 29.3. The van der Waals surface area contributed by atoms with Crippen LogP contribution in [0, 0.1) is 0 Å². The molecule has 0 saturated heterocycles. The molecule has 1 aliphatic carbocycles. The number of benzene rings is 4. The van der Waals surface area contributed by atoms with Gasteiger partial charge in [0.15, 0.2) is 0 Å². The zero-order valence-corrected chi connectivity index (χ0v) is 21.4. The molecule has 2 aromatic heterocycles. The van der Waals surface area contributed by atoms with Crippen LogP contribution in [-0.4, -0.2) is 0 Å². The highest BCUT2D eigenvalue weighted by molar-refractivity contribution is 7.20. The second-order valence-corrected chi connectivity index (χ2v) is 11.6. The molecule has 0 fully saturated rings. The Bertz CT molecular complexity index is 1780. The van der Waals surface area contributed by atoms with E-state index in [1.807, 2.05) is 22.7 Å². The minimum absolute atomic E-state index is 1.14. The number of thiophene rings is 2. The smallest absolute Gasteiger partial charge is 0.0355 e. The molecule has 0 saturated carbocycles. The maximum absolute atomic E-state index is 2.36. The van der Waals surface area contributed by atoms with Crippen LogP contribution in [-0.2, 0) is 0 Å². The maximum atomic E-state index is 2.36. The van der Waals surface area contributed by atoms with Crippen molar-refractivity contribution < 1.29 is 0 Å². The fourth-order valence-corrected chi connectivity index (χ4v) is 6.97. The SMILES string of the molecule is C1=CCCC(/C=C/c2cc3cc4cc5cc6cc(/C=C/c7ccccc7)sc6cc5cc4cc3s2)=C1. The van der Waals surface area contributed by atoms with E-state index in [-0.39, 0.29) is 0 Å². The molecule has 0 spiro atoms. The van der Waals surface area contributed by atoms with E-state index in [0.717, 1.165) is 12.8 Å². The summed E-state index contributed by atoms with van der Waals surface area (Å²) < 4.78 is 2.69. The normalized spacial score (nSPS) is 14.3. The van der Waals surface area contributed by atoms with Gasteiger partial charge in [0.25, 0.3) is 0 Å². The molecule has 0 radical (unpaired) electrons. The van der Waals surface area contributed by atoms with Gasteiger partial charge in [0.1, 0.15) is 0 Å². The Labute approximate surface area is 218 Å². The maximum Gasteiger partial charge on any atom is 0.0355 e. The molecular weight excluding hydrogens is 473 g/mol. The highest BCUT2D eigenvalue weighted by Gasteiger charge is 2.07. The van der Waals surface area contributed by atoms with Gasteiger partial charge in [-0.05, 0) is 117 Å². The van der Waals surface area contributed by atoms with E-state index in [1.54, 1.807) is 0 Å². The molecule has 0 atom stereocenters. The fraction of sp³-hybridized carbons (Fsp3) is 0.0588. The Morgan fingerprint density at radius 1 is 0.556 bits per heavy atom. The van der Waals surface area contributed by atoms with Gasteiger partial charge in [0.2, 0.25) is 0 Å². The van der Waals surface area contributed by atoms with Crippen LogP contribution >= 0.6 is 22.7 Å². The molecule has 7 rings (SSSR count). The molecule has 2 heteroatoms. The number of allylic oxidation sites excluding steroid dienone is 5. The van der Waals surface area contributed by atoms with Crippen molar-refractivity contribution in [3.05, 3.63) is 124 Å². The molecule has 0 amide bonds. The summed E-state index contributed by atoms with van der Waals surface area (Å²) in [6.07, 6.45) is 17.9. The summed E-state index contributed by atoms with van der Waals surface area (Å²) in [6.45, 7) is 0. The zero-order chi connectivity index (χ0) is 23.9. The lowest BCUT2D eigenvalue weighted by Gasteiger charge is -2.04. The van der Waals surface area contributed by atoms with E-state index >= 15 is 0 Å². The Kier molecular flexibility index (Phi) is 5.42. The van der Waals surface area contributed by atoms with Crippen molar-refractivity contribution in [2.75, 3.05) is 0 Å². The minimum Gasteiger partial charge on any atom is -0.136 e. The van der Waals surface area contributed by atoms with Gasteiger partial charge in [-0.1, -0.05) is 60.7 Å². The number of fused-ring (bicyclic) bond motifs is 4. The largest absolute Gasteiger partial charge is 0.136 e. The van der Waals surface area contributed by atoms with Gasteiger partial charge in [-0.2, -0.15) is 0 Å². The lowest BCUT2D eigenvalue weighted by atomic mass is 10.0.